The molecule has 0 bridgehead atoms. The molecule has 25 rings (SSSR count). The number of benzene rings is 22. The summed E-state index contributed by atoms with van der Waals surface area (Å²) in [4.78, 5) is 6.69. The van der Waals surface area contributed by atoms with Gasteiger partial charge in [-0.1, -0.05) is 350 Å². The zero-order chi connectivity index (χ0) is 94.6. The summed E-state index contributed by atoms with van der Waals surface area (Å²) in [6, 6.07) is 167. The van der Waals surface area contributed by atoms with Crippen LogP contribution in [0.5, 0.6) is 0 Å². The van der Waals surface area contributed by atoms with Gasteiger partial charge in [-0.2, -0.15) is 0 Å². The molecule has 0 amide bonds. The van der Waals surface area contributed by atoms with Gasteiger partial charge in [0.1, 0.15) is 0 Å². The third kappa shape index (κ3) is 15.8. The lowest BCUT2D eigenvalue weighted by atomic mass is 9.94. The lowest BCUT2D eigenvalue weighted by Gasteiger charge is -2.26. The summed E-state index contributed by atoms with van der Waals surface area (Å²) in [5.41, 5.74) is 26.7. The van der Waals surface area contributed by atoms with Crippen LogP contribution in [-0.2, 0) is 0 Å². The van der Waals surface area contributed by atoms with Gasteiger partial charge in [-0.05, 0) is 261 Å². The topological polar surface area (TPSA) is 24.5 Å². The van der Waals surface area contributed by atoms with Gasteiger partial charge in [0.15, 0.2) is 0 Å². The maximum absolute atomic E-state index is 8.86. The van der Waals surface area contributed by atoms with E-state index in [0.29, 0.717) is 15.1 Å². The van der Waals surface area contributed by atoms with Crippen molar-refractivity contribution in [1.29, 1.82) is 0 Å². The van der Waals surface area contributed by atoms with Crippen molar-refractivity contribution in [2.75, 3.05) is 14.7 Å². The average Bonchev–Trinajstić information content (AvgIpc) is 1.54. The highest BCUT2D eigenvalue weighted by atomic mass is 35.5. The van der Waals surface area contributed by atoms with E-state index in [4.69, 9.17) is 41.7 Å². The van der Waals surface area contributed by atoms with Crippen molar-refractivity contribution in [3.8, 4) is 61.6 Å². The van der Waals surface area contributed by atoms with E-state index in [1.165, 1.54) is 76.3 Å². The molecule has 0 fully saturated rings. The van der Waals surface area contributed by atoms with Gasteiger partial charge in [0.05, 0.1) is 40.0 Å². The lowest BCUT2D eigenvalue weighted by molar-refractivity contribution is 1.19. The third-order valence-corrected chi connectivity index (χ3v) is 26.1. The molecular formula is C126H85Cl3N6. The highest BCUT2D eigenvalue weighted by molar-refractivity contribution is 6.33. The molecule has 640 valence electrons. The van der Waals surface area contributed by atoms with Crippen LogP contribution in [0.4, 0.5) is 51.2 Å². The first-order valence-corrected chi connectivity index (χ1v) is 46.2. The Labute approximate surface area is 805 Å². The Hall–Kier alpha value is -16.7. The third-order valence-electron chi connectivity index (χ3n) is 25.4. The van der Waals surface area contributed by atoms with E-state index < -0.39 is 6.04 Å². The number of hydrogen-bond acceptors (Lipinski definition) is 3. The molecule has 0 spiro atoms. The highest BCUT2D eigenvalue weighted by Gasteiger charge is 2.26. The smallest absolute Gasteiger partial charge is 0.0645 e. The number of halogens is 3. The molecule has 0 N–H and O–H groups in total. The Bertz CT molecular complexity index is 8900. The molecule has 22 aromatic carbocycles. The molecule has 0 aliphatic carbocycles. The molecule has 0 radical (unpaired) electrons. The first-order valence-electron chi connectivity index (χ1n) is 47.6. The number of anilines is 9. The number of fused-ring (bicyclic) bond motifs is 15. The molecule has 135 heavy (non-hydrogen) atoms. The minimum atomic E-state index is -0.418. The number of nitrogens with zero attached hydrogens (tertiary/aromatic N) is 6. The summed E-state index contributed by atoms with van der Waals surface area (Å²) in [6.07, 6.45) is 0. The molecule has 3 heterocycles. The van der Waals surface area contributed by atoms with Crippen molar-refractivity contribution in [2.45, 2.75) is 0 Å². The molecule has 0 atom stereocenters. The number of rotatable bonds is 16. The van der Waals surface area contributed by atoms with Crippen LogP contribution in [0.3, 0.4) is 0 Å². The van der Waals surface area contributed by atoms with Crippen LogP contribution in [0, 0.1) is 0 Å². The van der Waals surface area contributed by atoms with Crippen molar-refractivity contribution < 1.29 is 6.85 Å². The lowest BCUT2D eigenvalue weighted by Crippen LogP contribution is -2.09. The first-order chi connectivity index (χ1) is 68.8. The first kappa shape index (κ1) is 77.1. The maximum Gasteiger partial charge on any atom is 0.0645 e. The Kier molecular flexibility index (Phi) is 20.7. The summed E-state index contributed by atoms with van der Waals surface area (Å²) in [6.45, 7) is 0. The molecule has 3 aromatic heterocycles. The second kappa shape index (κ2) is 36.2. The van der Waals surface area contributed by atoms with Gasteiger partial charge in [-0.25, -0.2) is 0 Å². The van der Waals surface area contributed by atoms with E-state index in [1.54, 1.807) is 0 Å². The molecule has 0 saturated carbocycles. The predicted octanol–water partition coefficient (Wildman–Crippen LogP) is 36.8. The van der Waals surface area contributed by atoms with Crippen LogP contribution in [0.2, 0.25) is 15.1 Å². The largest absolute Gasteiger partial charge is 0.310 e. The van der Waals surface area contributed by atoms with Crippen LogP contribution in [0.15, 0.2) is 516 Å². The van der Waals surface area contributed by atoms with Gasteiger partial charge in [-0.3, -0.25) is 0 Å². The number of hydrogen-bond donors (Lipinski definition) is 0. The normalized spacial score (nSPS) is 11.9. The summed E-state index contributed by atoms with van der Waals surface area (Å²) in [5.74, 6) is 0. The molecule has 0 saturated heterocycles. The number of para-hydroxylation sites is 11. The van der Waals surface area contributed by atoms with Crippen molar-refractivity contribution in [3.63, 3.8) is 0 Å². The molecule has 9 heteroatoms. The van der Waals surface area contributed by atoms with Gasteiger partial charge >= 0.3 is 0 Å². The fraction of sp³-hybridized carbons (Fsp3) is 0. The van der Waals surface area contributed by atoms with Crippen LogP contribution in [0.1, 0.15) is 6.85 Å². The summed E-state index contributed by atoms with van der Waals surface area (Å²) in [5, 5.41) is 15.3. The van der Waals surface area contributed by atoms with Gasteiger partial charge in [0.25, 0.3) is 0 Å². The zero-order valence-electron chi connectivity index (χ0n) is 78.0. The summed E-state index contributed by atoms with van der Waals surface area (Å²) < 4.78 is 49.4. The average molecular weight is 1790 g/mol. The quantitative estimate of drug-likeness (QED) is 0.0964. The second-order valence-electron chi connectivity index (χ2n) is 33.5. The van der Waals surface area contributed by atoms with Gasteiger partial charge in [-0.15, -0.1) is 0 Å². The Morgan fingerprint density at radius 2 is 0.481 bits per heavy atom. The summed E-state index contributed by atoms with van der Waals surface area (Å²) in [7, 11) is 0. The molecule has 0 aliphatic heterocycles. The van der Waals surface area contributed by atoms with Crippen molar-refractivity contribution in [2.24, 2.45) is 0 Å². The van der Waals surface area contributed by atoms with Crippen LogP contribution < -0.4 is 14.7 Å². The molecule has 25 aromatic rings. The Balaban J connectivity index is 0.000000117. The van der Waals surface area contributed by atoms with Crippen molar-refractivity contribution in [3.05, 3.63) is 531 Å². The summed E-state index contributed by atoms with van der Waals surface area (Å²) >= 11 is 20.7. The van der Waals surface area contributed by atoms with Gasteiger partial charge in [0.2, 0.25) is 0 Å². The van der Waals surface area contributed by atoms with Crippen LogP contribution >= 0.6 is 34.8 Å². The van der Waals surface area contributed by atoms with Gasteiger partial charge < -0.3 is 28.4 Å². The number of aromatic nitrogens is 3. The second-order valence-corrected chi connectivity index (χ2v) is 34.8. The van der Waals surface area contributed by atoms with Gasteiger partial charge in [0, 0.05) is 132 Å². The maximum atomic E-state index is 8.86. The van der Waals surface area contributed by atoms with Crippen molar-refractivity contribution in [1.82, 2.24) is 13.7 Å². The zero-order valence-corrected chi connectivity index (χ0v) is 75.3. The fourth-order valence-corrected chi connectivity index (χ4v) is 20.3. The minimum Gasteiger partial charge on any atom is -0.310 e. The molecule has 6 nitrogen and oxygen atoms in total. The molecule has 0 aliphatic rings. The monoisotopic (exact) mass is 1790 g/mol. The van der Waals surface area contributed by atoms with E-state index in [-0.39, 0.29) is 29.9 Å². The predicted molar refractivity (Wildman–Crippen MR) is 576 cm³/mol. The molecular weight excluding hydrogens is 1700 g/mol. The Morgan fingerprint density at radius 1 is 0.178 bits per heavy atom. The van der Waals surface area contributed by atoms with E-state index in [9.17, 15) is 0 Å². The van der Waals surface area contributed by atoms with E-state index in [2.05, 4.69) is 382 Å². The van der Waals surface area contributed by atoms with Crippen LogP contribution in [0.25, 0.3) is 159 Å². The SMILES string of the molecule is Clc1cc(-c2cc3c4ccccc4n(-c4ccccc4)c3c3ccccc23)cc(N(c2ccccc2)c2ccccc2)c1.Clc1cc(-c2ccc3c(ccc4c5ccccc5n(-c5cccc(-c6ccccc6)c5)c34)c2)cc(N(c2ccccc2)c2ccccc2)c1.[2H]c1c([2H])c([2H])c(-n2c3ccccc3c3cc(-c4cc(Cl)cc(N(c5ccccc5)c5ccccc5)c4)c4ccccc4c32)c([2H])c1[2H]. The standard InChI is InChI=1S/C46H31ClN2.2C40H27ClN2/c47-37-28-36(30-41(31-37)48(38-16-6-2-7-17-38)39-18-8-3-9-19-39)34-23-25-42-35(27-34)24-26-44-43-21-10-11-22-45(43)49(46(42)44)40-20-12-15-33(29-40)32-13-4-1-5-14-32;2*41-29-24-28(25-33(26-29)42(30-14-4-1-5-15-30)31-16-6-2-7-17-31)37-27-38-35-21-12-13-23-39(35)43(32-18-8-3-9-19-32)40(38)36-22-11-10-20-34(36)37/h1-31H;2*1-27H/i;3D,8D,9D,18D,19D;. The fourth-order valence-electron chi connectivity index (χ4n) is 19.6. The van der Waals surface area contributed by atoms with Crippen molar-refractivity contribution >= 4 is 184 Å². The van der Waals surface area contributed by atoms with E-state index >= 15 is 0 Å². The minimum absolute atomic E-state index is 0.122. The van der Waals surface area contributed by atoms with E-state index in [0.717, 1.165) is 129 Å². The Morgan fingerprint density at radius 3 is 0.911 bits per heavy atom. The van der Waals surface area contributed by atoms with E-state index in [1.807, 2.05) is 132 Å². The van der Waals surface area contributed by atoms with Crippen LogP contribution in [-0.4, -0.2) is 13.7 Å². The molecule has 0 unspecified atom stereocenters. The highest BCUT2D eigenvalue weighted by Crippen LogP contribution is 2.50.